The highest BCUT2D eigenvalue weighted by molar-refractivity contribution is 6.01. The fourth-order valence-corrected chi connectivity index (χ4v) is 15.7. The van der Waals surface area contributed by atoms with Gasteiger partial charge in [-0.25, -0.2) is 4.39 Å². The zero-order valence-corrected chi connectivity index (χ0v) is 62.1. The van der Waals surface area contributed by atoms with Gasteiger partial charge < -0.3 is 60.0 Å². The second-order valence-corrected chi connectivity index (χ2v) is 30.2. The van der Waals surface area contributed by atoms with Crippen molar-refractivity contribution in [1.82, 2.24) is 60.0 Å². The number of piperidine rings is 1. The maximum Gasteiger partial charge on any atom is 0.419 e. The Balaban J connectivity index is 1.19. The van der Waals surface area contributed by atoms with Crippen molar-refractivity contribution in [3.05, 3.63) is 70.5 Å². The van der Waals surface area contributed by atoms with Crippen LogP contribution in [0.2, 0.25) is 0 Å². The van der Waals surface area contributed by atoms with E-state index in [1.807, 2.05) is 39.8 Å². The van der Waals surface area contributed by atoms with Crippen LogP contribution in [0.25, 0.3) is 0 Å². The third kappa shape index (κ3) is 18.7. The van der Waals surface area contributed by atoms with Gasteiger partial charge in [0.15, 0.2) is 0 Å². The molecule has 4 heterocycles. The number of fused-ring (bicyclic) bond motifs is 2. The van der Waals surface area contributed by atoms with Crippen LogP contribution in [0.1, 0.15) is 172 Å². The van der Waals surface area contributed by atoms with E-state index < -0.39 is 173 Å². The van der Waals surface area contributed by atoms with E-state index in [0.717, 1.165) is 35.8 Å². The molecule has 28 heteroatoms. The molecule has 0 aromatic heterocycles. The molecule has 3 N–H and O–H groups in total. The highest BCUT2D eigenvalue weighted by Crippen LogP contribution is 2.38. The summed E-state index contributed by atoms with van der Waals surface area (Å²) in [4.78, 5) is 193. The molecule has 568 valence electrons. The van der Waals surface area contributed by atoms with E-state index in [1.165, 1.54) is 83.5 Å². The molecule has 2 saturated carbocycles. The van der Waals surface area contributed by atoms with Crippen LogP contribution in [-0.4, -0.2) is 250 Å². The Bertz CT molecular complexity index is 3450. The van der Waals surface area contributed by atoms with Crippen molar-refractivity contribution in [2.24, 2.45) is 17.8 Å². The second-order valence-electron chi connectivity index (χ2n) is 30.2. The average Bonchev–Trinajstić information content (AvgIpc) is 1.41. The first-order chi connectivity index (χ1) is 48.6. The quantitative estimate of drug-likeness (QED) is 0.231. The number of likely N-dealkylation sites (N-methyl/N-ethyl adjacent to an activating group) is 6. The molecule has 2 aromatic rings. The van der Waals surface area contributed by atoms with Crippen molar-refractivity contribution in [3.63, 3.8) is 0 Å². The highest BCUT2D eigenvalue weighted by atomic mass is 19.4. The molecule has 103 heavy (non-hydrogen) atoms. The van der Waals surface area contributed by atoms with E-state index in [4.69, 9.17) is 0 Å². The van der Waals surface area contributed by atoms with E-state index in [-0.39, 0.29) is 82.4 Å². The largest absolute Gasteiger partial charge is 0.419 e. The third-order valence-corrected chi connectivity index (χ3v) is 22.6. The second kappa shape index (κ2) is 34.6. The Hall–Kier alpha value is -8.20. The molecule has 2 aromatic carbocycles. The summed E-state index contributed by atoms with van der Waals surface area (Å²) in [5.74, 6) is -10.7. The number of likely N-dealkylation sites (tertiary alicyclic amines) is 1. The molecule has 10 atom stereocenters. The number of carbonyl (C=O) groups excluding carboxylic acids is 12. The molecule has 4 aliphatic heterocycles. The normalized spacial score (nSPS) is 27.1. The highest BCUT2D eigenvalue weighted by Gasteiger charge is 2.52. The zero-order valence-electron chi connectivity index (χ0n) is 62.1. The Kier molecular flexibility index (Phi) is 27.0. The molecule has 4 saturated heterocycles. The maximum absolute atomic E-state index is 15.7. The van der Waals surface area contributed by atoms with Crippen LogP contribution in [0.3, 0.4) is 0 Å². The first-order valence-corrected chi connectivity index (χ1v) is 36.9. The smallest absolute Gasteiger partial charge is 0.343 e. The SMILES string of the molecule is CC[C@H](C)[C@@H]1NC(=O)[C@H](CC(C)C)N(C)C(=O)C[C@@H](C(=O)N2CCCCC2)N(C)C(=O)[C@H](C2CCCC2)N(C)C(=O)C2(CCCC2)NC(=O)[C@@H]2CCCN2C(=O)[C@H](CCc2ccc(C(F)(F)F)c(F)c2)NC(=O)CN(C)C(=O)[C@H](Cc2ccc(C)cc2)N(C)C(=O)[C@@H]2CCN2C(=O)[C@H](C)N(C)C1=O. The minimum Gasteiger partial charge on any atom is -0.343 e. The minimum absolute atomic E-state index is 0.0132. The molecule has 6 fully saturated rings. The van der Waals surface area contributed by atoms with Gasteiger partial charge in [0.1, 0.15) is 65.7 Å². The maximum atomic E-state index is 15.7. The van der Waals surface area contributed by atoms with Crippen LogP contribution >= 0.6 is 0 Å². The number of benzene rings is 2. The molecule has 8 rings (SSSR count). The van der Waals surface area contributed by atoms with Gasteiger partial charge in [-0.1, -0.05) is 95.7 Å². The van der Waals surface area contributed by atoms with Crippen molar-refractivity contribution in [2.45, 2.75) is 236 Å². The van der Waals surface area contributed by atoms with Crippen LogP contribution in [0.15, 0.2) is 42.5 Å². The van der Waals surface area contributed by atoms with E-state index in [1.54, 1.807) is 24.0 Å². The molecule has 0 bridgehead atoms. The zero-order chi connectivity index (χ0) is 75.7. The van der Waals surface area contributed by atoms with Crippen LogP contribution in [0.4, 0.5) is 17.6 Å². The number of halogens is 4. The summed E-state index contributed by atoms with van der Waals surface area (Å²) in [6, 6.07) is -1.87. The van der Waals surface area contributed by atoms with Crippen molar-refractivity contribution in [1.29, 1.82) is 0 Å². The lowest BCUT2D eigenvalue weighted by Gasteiger charge is -2.45. The third-order valence-electron chi connectivity index (χ3n) is 22.6. The summed E-state index contributed by atoms with van der Waals surface area (Å²) < 4.78 is 56.4. The number of aryl methyl sites for hydroxylation is 2. The van der Waals surface area contributed by atoms with E-state index in [0.29, 0.717) is 75.7 Å². The summed E-state index contributed by atoms with van der Waals surface area (Å²) in [6.07, 6.45) is 0.906. The fraction of sp³-hybridized carbons (Fsp3) is 0.680. The summed E-state index contributed by atoms with van der Waals surface area (Å²) in [7, 11) is 8.53. The van der Waals surface area contributed by atoms with Crippen LogP contribution in [0.5, 0.6) is 0 Å². The molecule has 1 spiro atoms. The number of nitrogens with one attached hydrogen (secondary N) is 3. The van der Waals surface area contributed by atoms with E-state index in [2.05, 4.69) is 16.0 Å². The van der Waals surface area contributed by atoms with E-state index >= 15 is 33.2 Å². The number of hydrogen-bond acceptors (Lipinski definition) is 12. The summed E-state index contributed by atoms with van der Waals surface area (Å²) in [6.45, 7) is 10.8. The molecule has 12 amide bonds. The molecular formula is C75H108F4N12O12. The van der Waals surface area contributed by atoms with Gasteiger partial charge >= 0.3 is 6.18 Å². The van der Waals surface area contributed by atoms with Gasteiger partial charge in [-0.2, -0.15) is 13.2 Å². The lowest BCUT2D eigenvalue weighted by molar-refractivity contribution is -0.160. The van der Waals surface area contributed by atoms with Crippen molar-refractivity contribution >= 4 is 70.9 Å². The predicted molar refractivity (Wildman–Crippen MR) is 375 cm³/mol. The molecule has 6 aliphatic rings. The lowest BCUT2D eigenvalue weighted by atomic mass is 9.90. The van der Waals surface area contributed by atoms with Crippen molar-refractivity contribution in [2.75, 3.05) is 75.0 Å². The molecule has 0 unspecified atom stereocenters. The van der Waals surface area contributed by atoms with Crippen molar-refractivity contribution in [3.8, 4) is 0 Å². The number of amides is 12. The number of carbonyl (C=O) groups is 12. The minimum atomic E-state index is -5.01. The van der Waals surface area contributed by atoms with Gasteiger partial charge in [0.2, 0.25) is 70.9 Å². The molecule has 24 nitrogen and oxygen atoms in total. The van der Waals surface area contributed by atoms with Crippen LogP contribution in [0, 0.1) is 30.5 Å². The number of alkyl halides is 3. The fourth-order valence-electron chi connectivity index (χ4n) is 15.7. The number of hydrogen-bond donors (Lipinski definition) is 3. The first kappa shape index (κ1) is 80.5. The van der Waals surface area contributed by atoms with Gasteiger partial charge in [-0.15, -0.1) is 0 Å². The Labute approximate surface area is 603 Å². The molecular weight excluding hydrogens is 1340 g/mol. The Morgan fingerprint density at radius 1 is 0.621 bits per heavy atom. The van der Waals surface area contributed by atoms with Gasteiger partial charge in [-0.05, 0) is 138 Å². The number of rotatable bonds is 11. The Morgan fingerprint density at radius 2 is 1.25 bits per heavy atom. The summed E-state index contributed by atoms with van der Waals surface area (Å²) in [5, 5.41) is 8.69. The molecule has 2 aliphatic carbocycles. The van der Waals surface area contributed by atoms with E-state index in [9.17, 15) is 41.9 Å². The van der Waals surface area contributed by atoms with Gasteiger partial charge in [-0.3, -0.25) is 57.5 Å². The topological polar surface area (TPSA) is 270 Å². The lowest BCUT2D eigenvalue weighted by Crippen LogP contribution is -2.65. The monoisotopic (exact) mass is 1440 g/mol. The standard InChI is InChI=1S/C75H108F4N12O12/c1-13-47(5)62-71(101)84(8)48(6)66(96)91-39-33-56(91)69(99)86(10)58(42-50-27-25-46(4)26-28-50)68(98)83(7)44-60(92)80-54(32-30-49-29-31-52(53(76)41-49)75(77,78)79)67(97)90-38-21-24-55(90)65(95)82-74(34-17-18-35-74)73(103)88(12)63(51-22-15-16-23-51)72(102)87(11)59(70(100)89-36-19-14-20-37-89)43-61(93)85(9)57(40-45(2)3)64(94)81-62/h25-29,31,41,45,47-48,51,54-59,62-63H,13-24,30,32-40,42-44H2,1-12H3,(H,80,92)(H,81,94)(H,82,95)/t47-,48-,54-,55-,56-,57-,58-,59-,62-,63-/m0/s1. The van der Waals surface area contributed by atoms with Gasteiger partial charge in [0, 0.05) is 74.9 Å². The predicted octanol–water partition coefficient (Wildman–Crippen LogP) is 5.63. The average molecular weight is 1450 g/mol. The number of nitrogens with zero attached hydrogens (tertiary/aromatic N) is 9. The molecule has 0 radical (unpaired) electrons. The van der Waals surface area contributed by atoms with Crippen LogP contribution < -0.4 is 16.0 Å². The van der Waals surface area contributed by atoms with Gasteiger partial charge in [0.05, 0.1) is 18.5 Å². The van der Waals surface area contributed by atoms with Crippen LogP contribution in [-0.2, 0) is 76.6 Å². The van der Waals surface area contributed by atoms with Crippen molar-refractivity contribution < 1.29 is 75.1 Å². The summed E-state index contributed by atoms with van der Waals surface area (Å²) in [5.41, 5.74) is -1.52. The summed E-state index contributed by atoms with van der Waals surface area (Å²) >= 11 is 0. The Morgan fingerprint density at radius 3 is 1.84 bits per heavy atom. The first-order valence-electron chi connectivity index (χ1n) is 36.9. The van der Waals surface area contributed by atoms with Gasteiger partial charge in [0.25, 0.3) is 0 Å².